The van der Waals surface area contributed by atoms with Crippen molar-refractivity contribution in [1.29, 1.82) is 0 Å². The summed E-state index contributed by atoms with van der Waals surface area (Å²) >= 11 is 0. The number of hydrogen-bond acceptors (Lipinski definition) is 1. The topological polar surface area (TPSA) is 3.24 Å². The van der Waals surface area contributed by atoms with Gasteiger partial charge in [-0.25, -0.2) is 0 Å². The third-order valence-electron chi connectivity index (χ3n) is 4.26. The van der Waals surface area contributed by atoms with Gasteiger partial charge in [-0.1, -0.05) is 12.1 Å². The van der Waals surface area contributed by atoms with Crippen LogP contribution >= 0.6 is 0 Å². The predicted molar refractivity (Wildman–Crippen MR) is 89.4 cm³/mol. The molecule has 2 rings (SSSR count). The Labute approximate surface area is 123 Å². The van der Waals surface area contributed by atoms with E-state index in [1.165, 1.54) is 44.8 Å². The zero-order chi connectivity index (χ0) is 15.0. The normalized spacial score (nSPS) is 10.8. The molecule has 0 N–H and O–H groups in total. The summed E-state index contributed by atoms with van der Waals surface area (Å²) in [6.45, 7) is 13.1. The number of hydrogen-bond donors (Lipinski definition) is 0. The second kappa shape index (κ2) is 5.32. The molecule has 106 valence electrons. The largest absolute Gasteiger partial charge is 0.344 e. The highest BCUT2D eigenvalue weighted by Crippen LogP contribution is 2.34. The zero-order valence-corrected chi connectivity index (χ0v) is 13.8. The lowest BCUT2D eigenvalue weighted by atomic mass is 9.97. The van der Waals surface area contributed by atoms with E-state index < -0.39 is 0 Å². The van der Waals surface area contributed by atoms with E-state index >= 15 is 0 Å². The number of nitrogens with zero attached hydrogens (tertiary/aromatic N) is 1. The molecule has 2 aromatic rings. The van der Waals surface area contributed by atoms with E-state index in [9.17, 15) is 0 Å². The van der Waals surface area contributed by atoms with Gasteiger partial charge in [0.05, 0.1) is 0 Å². The van der Waals surface area contributed by atoms with E-state index in [1.807, 2.05) is 0 Å². The van der Waals surface area contributed by atoms with Gasteiger partial charge >= 0.3 is 0 Å². The van der Waals surface area contributed by atoms with Crippen LogP contribution in [0.15, 0.2) is 24.3 Å². The van der Waals surface area contributed by atoms with Crippen LogP contribution in [0.2, 0.25) is 0 Å². The molecule has 20 heavy (non-hydrogen) atoms. The van der Waals surface area contributed by atoms with Gasteiger partial charge < -0.3 is 4.90 Å². The summed E-state index contributed by atoms with van der Waals surface area (Å²) in [5, 5.41) is 0. The fraction of sp³-hybridized carbons (Fsp3) is 0.368. The van der Waals surface area contributed by atoms with Crippen LogP contribution in [-0.4, -0.2) is 7.05 Å². The van der Waals surface area contributed by atoms with Gasteiger partial charge in [-0.2, -0.15) is 0 Å². The smallest absolute Gasteiger partial charge is 0.0472 e. The van der Waals surface area contributed by atoms with E-state index in [0.29, 0.717) is 0 Å². The van der Waals surface area contributed by atoms with Gasteiger partial charge in [-0.3, -0.25) is 0 Å². The predicted octanol–water partition coefficient (Wildman–Crippen LogP) is 5.31. The van der Waals surface area contributed by atoms with Crippen molar-refractivity contribution in [2.75, 3.05) is 11.9 Å². The first-order chi connectivity index (χ1) is 9.31. The molecule has 0 saturated carbocycles. The minimum absolute atomic E-state index is 1.26. The van der Waals surface area contributed by atoms with E-state index in [1.54, 1.807) is 0 Å². The number of anilines is 2. The van der Waals surface area contributed by atoms with Crippen molar-refractivity contribution in [1.82, 2.24) is 0 Å². The van der Waals surface area contributed by atoms with Crippen molar-refractivity contribution in [3.05, 3.63) is 57.6 Å². The highest BCUT2D eigenvalue weighted by molar-refractivity contribution is 5.72. The Morgan fingerprint density at radius 2 is 1.10 bits per heavy atom. The average molecular weight is 267 g/mol. The van der Waals surface area contributed by atoms with Crippen molar-refractivity contribution >= 4 is 11.4 Å². The Hall–Kier alpha value is -1.76. The fourth-order valence-electron chi connectivity index (χ4n) is 2.97. The Kier molecular flexibility index (Phi) is 3.89. The van der Waals surface area contributed by atoms with Crippen molar-refractivity contribution in [3.8, 4) is 0 Å². The van der Waals surface area contributed by atoms with Gasteiger partial charge in [0.2, 0.25) is 0 Å². The highest BCUT2D eigenvalue weighted by Gasteiger charge is 2.14. The lowest BCUT2D eigenvalue weighted by Gasteiger charge is -2.26. The Morgan fingerprint density at radius 1 is 0.650 bits per heavy atom. The molecule has 1 heteroatoms. The Bertz CT molecular complexity index is 607. The Balaban J connectivity index is 2.61. The molecule has 0 heterocycles. The van der Waals surface area contributed by atoms with Gasteiger partial charge in [-0.05, 0) is 87.1 Å². The molecule has 0 bridgehead atoms. The molecule has 0 aromatic heterocycles. The number of aryl methyl sites for hydroxylation is 4. The first-order valence-electron chi connectivity index (χ1n) is 7.20. The average Bonchev–Trinajstić information content (AvgIpc) is 2.35. The van der Waals surface area contributed by atoms with Crippen LogP contribution in [0.1, 0.15) is 33.4 Å². The number of benzene rings is 2. The molecule has 0 aliphatic carbocycles. The third kappa shape index (κ3) is 2.58. The summed E-state index contributed by atoms with van der Waals surface area (Å²) in [5.74, 6) is 0. The van der Waals surface area contributed by atoms with Crippen LogP contribution in [0.4, 0.5) is 11.4 Å². The molecular weight excluding hydrogens is 242 g/mol. The lowest BCUT2D eigenvalue weighted by Crippen LogP contribution is -2.14. The quantitative estimate of drug-likeness (QED) is 0.713. The molecule has 0 aliphatic rings. The van der Waals surface area contributed by atoms with E-state index in [2.05, 4.69) is 77.8 Å². The first-order valence-corrected chi connectivity index (χ1v) is 7.20. The summed E-state index contributed by atoms with van der Waals surface area (Å²) < 4.78 is 0. The molecule has 0 aliphatic heterocycles. The maximum Gasteiger partial charge on any atom is 0.0472 e. The fourth-order valence-corrected chi connectivity index (χ4v) is 2.97. The molecule has 0 radical (unpaired) electrons. The standard InChI is InChI=1S/C19H25N/c1-12-8-13(2)10-18(9-12)20(7)19-16(5)14(3)11-15(4)17(19)6/h8-11H,1-7H3. The van der Waals surface area contributed by atoms with Crippen LogP contribution in [-0.2, 0) is 0 Å². The maximum absolute atomic E-state index is 2.32. The van der Waals surface area contributed by atoms with Crippen molar-refractivity contribution in [2.45, 2.75) is 41.5 Å². The monoisotopic (exact) mass is 267 g/mol. The lowest BCUT2D eigenvalue weighted by molar-refractivity contribution is 1.12. The Morgan fingerprint density at radius 3 is 1.55 bits per heavy atom. The van der Waals surface area contributed by atoms with Gasteiger partial charge in [0.25, 0.3) is 0 Å². The summed E-state index contributed by atoms with van der Waals surface area (Å²) in [6.07, 6.45) is 0. The molecular formula is C19H25N. The van der Waals surface area contributed by atoms with Crippen LogP contribution in [0, 0.1) is 41.5 Å². The molecule has 0 spiro atoms. The van der Waals surface area contributed by atoms with Crippen LogP contribution in [0.25, 0.3) is 0 Å². The van der Waals surface area contributed by atoms with Crippen molar-refractivity contribution in [3.63, 3.8) is 0 Å². The van der Waals surface area contributed by atoms with E-state index in [-0.39, 0.29) is 0 Å². The van der Waals surface area contributed by atoms with Gasteiger partial charge in [-0.15, -0.1) is 0 Å². The molecule has 0 fully saturated rings. The molecule has 0 atom stereocenters. The second-order valence-corrected chi connectivity index (χ2v) is 6.01. The number of rotatable bonds is 2. The molecule has 0 unspecified atom stereocenters. The SMILES string of the molecule is Cc1cc(C)cc(N(C)c2c(C)c(C)cc(C)c2C)c1. The minimum Gasteiger partial charge on any atom is -0.344 e. The molecule has 0 amide bonds. The summed E-state index contributed by atoms with van der Waals surface area (Å²) in [6, 6.07) is 9.01. The van der Waals surface area contributed by atoms with Gasteiger partial charge in [0.15, 0.2) is 0 Å². The zero-order valence-electron chi connectivity index (χ0n) is 13.8. The van der Waals surface area contributed by atoms with Crippen LogP contribution in [0.3, 0.4) is 0 Å². The summed E-state index contributed by atoms with van der Waals surface area (Å²) in [5.41, 5.74) is 10.7. The second-order valence-electron chi connectivity index (χ2n) is 6.01. The van der Waals surface area contributed by atoms with Gasteiger partial charge in [0.1, 0.15) is 0 Å². The first kappa shape index (κ1) is 14.6. The van der Waals surface area contributed by atoms with Crippen LogP contribution < -0.4 is 4.90 Å². The summed E-state index contributed by atoms with van der Waals surface area (Å²) in [7, 11) is 2.17. The van der Waals surface area contributed by atoms with Crippen molar-refractivity contribution in [2.24, 2.45) is 0 Å². The molecule has 1 nitrogen and oxygen atoms in total. The molecule has 2 aromatic carbocycles. The van der Waals surface area contributed by atoms with Crippen molar-refractivity contribution < 1.29 is 0 Å². The van der Waals surface area contributed by atoms with E-state index in [4.69, 9.17) is 0 Å². The summed E-state index contributed by atoms with van der Waals surface area (Å²) in [4.78, 5) is 2.32. The van der Waals surface area contributed by atoms with Crippen LogP contribution in [0.5, 0.6) is 0 Å². The van der Waals surface area contributed by atoms with Gasteiger partial charge in [0, 0.05) is 18.4 Å². The van der Waals surface area contributed by atoms with E-state index in [0.717, 1.165) is 0 Å². The maximum atomic E-state index is 2.32. The third-order valence-corrected chi connectivity index (χ3v) is 4.26. The molecule has 0 saturated heterocycles. The highest BCUT2D eigenvalue weighted by atomic mass is 15.1. The minimum atomic E-state index is 1.26.